The molecule has 0 radical (unpaired) electrons. The second-order valence-corrected chi connectivity index (χ2v) is 4.79. The number of hydrogen-bond acceptors (Lipinski definition) is 8. The van der Waals surface area contributed by atoms with Crippen LogP contribution >= 0.6 is 11.3 Å². The Bertz CT molecular complexity index is 688. The van der Waals surface area contributed by atoms with E-state index in [1.165, 1.54) is 36.6 Å². The molecule has 0 aliphatic rings. The van der Waals surface area contributed by atoms with Gasteiger partial charge in [0.05, 0.1) is 22.9 Å². The monoisotopic (exact) mass is 294 g/mol. The zero-order chi connectivity index (χ0) is 14.7. The summed E-state index contributed by atoms with van der Waals surface area (Å²) < 4.78 is 4.89. The van der Waals surface area contributed by atoms with E-state index in [1.807, 2.05) is 0 Å². The van der Waals surface area contributed by atoms with Gasteiger partial charge in [0.25, 0.3) is 0 Å². The van der Waals surface area contributed by atoms with Gasteiger partial charge in [0.15, 0.2) is 11.5 Å². The molecule has 20 heavy (non-hydrogen) atoms. The van der Waals surface area contributed by atoms with Gasteiger partial charge in [-0.1, -0.05) is 11.3 Å². The second-order valence-electron chi connectivity index (χ2n) is 3.79. The van der Waals surface area contributed by atoms with Crippen LogP contribution in [0.5, 0.6) is 0 Å². The Labute approximate surface area is 117 Å². The Morgan fingerprint density at radius 2 is 2.35 bits per heavy atom. The Hall–Kier alpha value is -2.55. The van der Waals surface area contributed by atoms with Gasteiger partial charge < -0.3 is 4.42 Å². The molecule has 0 aliphatic carbocycles. The van der Waals surface area contributed by atoms with Crippen molar-refractivity contribution >= 4 is 34.4 Å². The van der Waals surface area contributed by atoms with E-state index in [4.69, 9.17) is 4.42 Å². The molecule has 0 saturated heterocycles. The summed E-state index contributed by atoms with van der Waals surface area (Å²) in [7, 11) is 0. The number of hydrogen-bond donors (Lipinski definition) is 1. The molecular weight excluding hydrogens is 284 g/mol. The molecule has 1 N–H and O–H groups in total. The van der Waals surface area contributed by atoms with Crippen molar-refractivity contribution in [1.82, 2.24) is 4.98 Å². The Balaban J connectivity index is 2.04. The zero-order valence-electron chi connectivity index (χ0n) is 10.6. The molecule has 0 aliphatic heterocycles. The molecule has 8 nitrogen and oxygen atoms in total. The fourth-order valence-electron chi connectivity index (χ4n) is 1.43. The Morgan fingerprint density at radius 1 is 1.60 bits per heavy atom. The highest BCUT2D eigenvalue weighted by Crippen LogP contribution is 2.22. The average Bonchev–Trinajstić information content (AvgIpc) is 2.96. The molecule has 2 aromatic rings. The minimum absolute atomic E-state index is 0.0568. The first-order chi connectivity index (χ1) is 9.47. The molecule has 0 unspecified atom stereocenters. The molecule has 0 bridgehead atoms. The zero-order valence-corrected chi connectivity index (χ0v) is 11.4. The van der Waals surface area contributed by atoms with Crippen LogP contribution < -0.4 is 5.43 Å². The summed E-state index contributed by atoms with van der Waals surface area (Å²) in [6.45, 7) is 3.20. The number of carbonyl (C=O) groups excluding carboxylic acids is 1. The molecule has 2 aromatic heterocycles. The maximum absolute atomic E-state index is 11.3. The van der Waals surface area contributed by atoms with Crippen LogP contribution in [0, 0.1) is 17.0 Å². The van der Waals surface area contributed by atoms with Crippen LogP contribution in [0.1, 0.15) is 28.0 Å². The maximum atomic E-state index is 11.3. The first-order valence-corrected chi connectivity index (χ1v) is 6.30. The summed E-state index contributed by atoms with van der Waals surface area (Å²) in [5.74, 6) is -0.168. The highest BCUT2D eigenvalue weighted by molar-refractivity contribution is 7.17. The highest BCUT2D eigenvalue weighted by atomic mass is 32.1. The van der Waals surface area contributed by atoms with E-state index in [2.05, 4.69) is 15.5 Å². The fraction of sp³-hybridized carbons (Fsp3) is 0.182. The van der Waals surface area contributed by atoms with E-state index >= 15 is 0 Å². The van der Waals surface area contributed by atoms with E-state index < -0.39 is 4.92 Å². The number of aromatic nitrogens is 1. The lowest BCUT2D eigenvalue weighted by atomic mass is 10.3. The van der Waals surface area contributed by atoms with Crippen molar-refractivity contribution in [2.75, 3.05) is 5.43 Å². The van der Waals surface area contributed by atoms with Crippen LogP contribution in [-0.2, 0) is 0 Å². The summed E-state index contributed by atoms with van der Waals surface area (Å²) in [6.07, 6.45) is 1.29. The van der Waals surface area contributed by atoms with Gasteiger partial charge in [0.1, 0.15) is 4.92 Å². The number of aryl methyl sites for hydroxylation is 1. The van der Waals surface area contributed by atoms with Crippen LogP contribution in [0.4, 0.5) is 11.0 Å². The SMILES string of the molecule is CC(=O)c1sc(N/N=C\c2ccc([N+](=O)[O-])o2)nc1C. The van der Waals surface area contributed by atoms with Gasteiger partial charge in [-0.25, -0.2) is 4.98 Å². The second kappa shape index (κ2) is 5.61. The number of carbonyl (C=O) groups is 1. The van der Waals surface area contributed by atoms with Crippen LogP contribution in [0.3, 0.4) is 0 Å². The number of rotatable bonds is 5. The van der Waals surface area contributed by atoms with Gasteiger partial charge in [0, 0.05) is 6.92 Å². The van der Waals surface area contributed by atoms with Gasteiger partial charge in [-0.3, -0.25) is 20.3 Å². The number of ketones is 1. The van der Waals surface area contributed by atoms with Gasteiger partial charge in [-0.05, 0) is 13.0 Å². The molecular formula is C11H10N4O4S. The van der Waals surface area contributed by atoms with Crippen molar-refractivity contribution in [2.24, 2.45) is 5.10 Å². The van der Waals surface area contributed by atoms with Crippen LogP contribution in [0.25, 0.3) is 0 Å². The van der Waals surface area contributed by atoms with E-state index in [-0.39, 0.29) is 17.4 Å². The molecule has 2 heterocycles. The summed E-state index contributed by atoms with van der Waals surface area (Å²) >= 11 is 1.19. The lowest BCUT2D eigenvalue weighted by Crippen LogP contribution is -1.90. The standard InChI is InChI=1S/C11H10N4O4S/c1-6-10(7(2)16)20-11(13-6)14-12-5-8-3-4-9(19-8)15(17)18/h3-5H,1-2H3,(H,13,14)/b12-5-. The third-order valence-corrected chi connectivity index (χ3v) is 3.42. The van der Waals surface area contributed by atoms with Crippen LogP contribution in [0.2, 0.25) is 0 Å². The van der Waals surface area contributed by atoms with Crippen molar-refractivity contribution in [3.8, 4) is 0 Å². The van der Waals surface area contributed by atoms with Crippen molar-refractivity contribution in [3.05, 3.63) is 38.6 Å². The average molecular weight is 294 g/mol. The summed E-state index contributed by atoms with van der Waals surface area (Å²) in [6, 6.07) is 2.67. The number of thiazole rings is 1. The number of hydrazone groups is 1. The third-order valence-electron chi connectivity index (χ3n) is 2.26. The van der Waals surface area contributed by atoms with Gasteiger partial charge in [-0.2, -0.15) is 5.10 Å². The Morgan fingerprint density at radius 3 is 2.90 bits per heavy atom. The molecule has 0 atom stereocenters. The number of anilines is 1. The number of furan rings is 1. The first kappa shape index (κ1) is 13.9. The first-order valence-electron chi connectivity index (χ1n) is 5.49. The summed E-state index contributed by atoms with van der Waals surface area (Å²) in [5.41, 5.74) is 3.28. The number of nitro groups is 1. The lowest BCUT2D eigenvalue weighted by Gasteiger charge is -1.90. The van der Waals surface area contributed by atoms with Gasteiger partial charge in [-0.15, -0.1) is 0 Å². The van der Waals surface area contributed by atoms with Gasteiger partial charge >= 0.3 is 5.88 Å². The van der Waals surface area contributed by atoms with Gasteiger partial charge in [0.2, 0.25) is 5.13 Å². The Kier molecular flexibility index (Phi) is 3.89. The van der Waals surface area contributed by atoms with Crippen molar-refractivity contribution in [1.29, 1.82) is 0 Å². The van der Waals surface area contributed by atoms with E-state index in [0.29, 0.717) is 15.7 Å². The largest absolute Gasteiger partial charge is 0.433 e. The van der Waals surface area contributed by atoms with E-state index in [0.717, 1.165) is 0 Å². The number of nitrogens with zero attached hydrogens (tertiary/aromatic N) is 3. The van der Waals surface area contributed by atoms with Crippen molar-refractivity contribution in [3.63, 3.8) is 0 Å². The quantitative estimate of drug-likeness (QED) is 0.392. The molecule has 104 valence electrons. The van der Waals surface area contributed by atoms with Crippen LogP contribution in [-0.4, -0.2) is 21.9 Å². The predicted molar refractivity (Wildman–Crippen MR) is 73.4 cm³/mol. The summed E-state index contributed by atoms with van der Waals surface area (Å²) in [4.78, 5) is 25.8. The van der Waals surface area contributed by atoms with E-state index in [9.17, 15) is 14.9 Å². The molecule has 9 heteroatoms. The third kappa shape index (κ3) is 3.06. The summed E-state index contributed by atoms with van der Waals surface area (Å²) in [5, 5.41) is 14.7. The number of nitrogens with one attached hydrogen (secondary N) is 1. The molecule has 2 rings (SSSR count). The molecule has 0 spiro atoms. The minimum atomic E-state index is -0.631. The van der Waals surface area contributed by atoms with Crippen molar-refractivity contribution in [2.45, 2.75) is 13.8 Å². The fourth-order valence-corrected chi connectivity index (χ4v) is 2.24. The number of Topliss-reactive ketones (excluding diaryl/α,β-unsaturated/α-hetero) is 1. The maximum Gasteiger partial charge on any atom is 0.433 e. The molecule has 0 fully saturated rings. The minimum Gasteiger partial charge on any atom is -0.400 e. The topological polar surface area (TPSA) is 111 Å². The van der Waals surface area contributed by atoms with Crippen LogP contribution in [0.15, 0.2) is 21.7 Å². The lowest BCUT2D eigenvalue weighted by molar-refractivity contribution is -0.402. The molecule has 0 amide bonds. The smallest absolute Gasteiger partial charge is 0.400 e. The highest BCUT2D eigenvalue weighted by Gasteiger charge is 2.11. The normalized spacial score (nSPS) is 10.9. The van der Waals surface area contributed by atoms with Crippen molar-refractivity contribution < 1.29 is 14.1 Å². The predicted octanol–water partition coefficient (Wildman–Crippen LogP) is 2.60. The van der Waals surface area contributed by atoms with E-state index in [1.54, 1.807) is 6.92 Å². The molecule has 0 saturated carbocycles. The molecule has 0 aromatic carbocycles.